The molecule has 11 heteroatoms. The summed E-state index contributed by atoms with van der Waals surface area (Å²) in [7, 11) is -4.43. The largest absolute Gasteiger partial charge is 0.352 e. The molecule has 0 bridgehead atoms. The zero-order valence-corrected chi connectivity index (χ0v) is 28.0. The van der Waals surface area contributed by atoms with Gasteiger partial charge in [0.1, 0.15) is 18.4 Å². The van der Waals surface area contributed by atoms with Crippen molar-refractivity contribution in [3.8, 4) is 0 Å². The number of nitrogens with one attached hydrogen (secondary N) is 1. The molecule has 7 nitrogen and oxygen atoms in total. The number of halogens is 3. The highest BCUT2D eigenvalue weighted by atomic mass is 35.5. The van der Waals surface area contributed by atoms with E-state index in [1.165, 1.54) is 35.2 Å². The van der Waals surface area contributed by atoms with Gasteiger partial charge in [0.15, 0.2) is 0 Å². The van der Waals surface area contributed by atoms with E-state index in [4.69, 9.17) is 23.2 Å². The minimum atomic E-state index is -4.43. The lowest BCUT2D eigenvalue weighted by molar-refractivity contribution is -0.140. The maximum absolute atomic E-state index is 15.3. The molecular formula is C36H36Cl2FN3O4S. The topological polar surface area (TPSA) is 86.8 Å². The molecule has 1 fully saturated rings. The van der Waals surface area contributed by atoms with E-state index in [2.05, 4.69) is 5.32 Å². The van der Waals surface area contributed by atoms with Gasteiger partial charge in [-0.15, -0.1) is 0 Å². The highest BCUT2D eigenvalue weighted by molar-refractivity contribution is 7.92. The monoisotopic (exact) mass is 695 g/mol. The molecule has 0 saturated heterocycles. The lowest BCUT2D eigenvalue weighted by atomic mass is 9.94. The van der Waals surface area contributed by atoms with Crippen molar-refractivity contribution in [3.63, 3.8) is 0 Å². The van der Waals surface area contributed by atoms with Crippen LogP contribution in [0.15, 0.2) is 108 Å². The fourth-order valence-electron chi connectivity index (χ4n) is 5.84. The van der Waals surface area contributed by atoms with Crippen LogP contribution in [0.25, 0.3) is 0 Å². The van der Waals surface area contributed by atoms with Crippen molar-refractivity contribution < 1.29 is 22.4 Å². The first-order chi connectivity index (χ1) is 22.6. The predicted molar refractivity (Wildman–Crippen MR) is 183 cm³/mol. The summed E-state index contributed by atoms with van der Waals surface area (Å²) >= 11 is 13.1. The Morgan fingerprint density at radius 3 is 2.04 bits per heavy atom. The average molecular weight is 697 g/mol. The Labute approximate surface area is 285 Å². The summed E-state index contributed by atoms with van der Waals surface area (Å²) in [5.74, 6) is -1.93. The van der Waals surface area contributed by atoms with E-state index in [-0.39, 0.29) is 45.5 Å². The second-order valence-electron chi connectivity index (χ2n) is 11.5. The molecule has 1 aliphatic rings. The minimum absolute atomic E-state index is 0.0521. The molecule has 2 amide bonds. The fourth-order valence-corrected chi connectivity index (χ4v) is 7.80. The van der Waals surface area contributed by atoms with E-state index in [0.717, 1.165) is 48.0 Å². The Morgan fingerprint density at radius 1 is 0.809 bits per heavy atom. The summed E-state index contributed by atoms with van der Waals surface area (Å²) in [5.41, 5.74) is 0.894. The molecule has 5 rings (SSSR count). The summed E-state index contributed by atoms with van der Waals surface area (Å²) in [6.45, 7) is -0.981. The van der Waals surface area contributed by atoms with Crippen molar-refractivity contribution in [3.05, 3.63) is 130 Å². The Hall–Kier alpha value is -3.92. The summed E-state index contributed by atoms with van der Waals surface area (Å²) < 4.78 is 44.1. The standard InChI is InChI=1S/C36H36Cl2FN3O4S/c37-30-19-12-20-31(38)29(30)24-41(34(23-26-13-4-1-5-14-26)36(44)40-27-15-6-2-7-16-27)35(43)25-42(33-22-11-10-21-32(33)39)47(45,46)28-17-8-3-9-18-28/h1,3-5,8-14,17-22,27,34H,2,6-7,15-16,23-25H2,(H,40,44)/t34-/m1/s1. The van der Waals surface area contributed by atoms with Gasteiger partial charge in [0.2, 0.25) is 11.8 Å². The smallest absolute Gasteiger partial charge is 0.264 e. The second-order valence-corrected chi connectivity index (χ2v) is 14.2. The van der Waals surface area contributed by atoms with Gasteiger partial charge in [-0.25, -0.2) is 12.8 Å². The van der Waals surface area contributed by atoms with E-state index in [0.29, 0.717) is 5.56 Å². The van der Waals surface area contributed by atoms with Crippen LogP contribution in [0.3, 0.4) is 0 Å². The lowest BCUT2D eigenvalue weighted by Crippen LogP contribution is -2.55. The summed E-state index contributed by atoms with van der Waals surface area (Å²) in [4.78, 5) is 30.0. The van der Waals surface area contributed by atoms with Crippen LogP contribution in [0.1, 0.15) is 43.2 Å². The van der Waals surface area contributed by atoms with Crippen molar-refractivity contribution in [1.82, 2.24) is 10.2 Å². The van der Waals surface area contributed by atoms with Crippen LogP contribution in [0, 0.1) is 5.82 Å². The quantitative estimate of drug-likeness (QED) is 0.167. The maximum atomic E-state index is 15.3. The first kappa shape index (κ1) is 34.4. The Balaban J connectivity index is 1.59. The van der Waals surface area contributed by atoms with Crippen molar-refractivity contribution >= 4 is 50.7 Å². The average Bonchev–Trinajstić information content (AvgIpc) is 3.08. The van der Waals surface area contributed by atoms with Gasteiger partial charge in [0.25, 0.3) is 10.0 Å². The Kier molecular flexibility index (Phi) is 11.6. The van der Waals surface area contributed by atoms with Crippen LogP contribution in [0.5, 0.6) is 0 Å². The molecule has 4 aromatic carbocycles. The molecule has 0 unspecified atom stereocenters. The molecule has 0 radical (unpaired) electrons. The van der Waals surface area contributed by atoms with E-state index in [1.807, 2.05) is 30.3 Å². The van der Waals surface area contributed by atoms with Crippen LogP contribution < -0.4 is 9.62 Å². The highest BCUT2D eigenvalue weighted by Crippen LogP contribution is 2.30. The van der Waals surface area contributed by atoms with Gasteiger partial charge in [-0.05, 0) is 54.8 Å². The number of hydrogen-bond acceptors (Lipinski definition) is 4. The predicted octanol–water partition coefficient (Wildman–Crippen LogP) is 7.42. The lowest BCUT2D eigenvalue weighted by Gasteiger charge is -2.35. The molecule has 1 aliphatic carbocycles. The molecule has 0 aliphatic heterocycles. The number of amides is 2. The van der Waals surface area contributed by atoms with Crippen LogP contribution in [0.2, 0.25) is 10.0 Å². The molecule has 1 N–H and O–H groups in total. The maximum Gasteiger partial charge on any atom is 0.264 e. The van der Waals surface area contributed by atoms with Crippen LogP contribution >= 0.6 is 23.2 Å². The highest BCUT2D eigenvalue weighted by Gasteiger charge is 2.36. The molecule has 1 saturated carbocycles. The first-order valence-electron chi connectivity index (χ1n) is 15.5. The molecule has 47 heavy (non-hydrogen) atoms. The van der Waals surface area contributed by atoms with Gasteiger partial charge in [-0.1, -0.05) is 109 Å². The number of nitrogens with zero attached hydrogens (tertiary/aromatic N) is 2. The van der Waals surface area contributed by atoms with Crippen LogP contribution in [0.4, 0.5) is 10.1 Å². The molecule has 246 valence electrons. The SMILES string of the molecule is O=C(NC1CCCCC1)[C@@H](Cc1ccccc1)N(Cc1c(Cl)cccc1Cl)C(=O)CN(c1ccccc1F)S(=O)(=O)c1ccccc1. The summed E-state index contributed by atoms with van der Waals surface area (Å²) in [6.07, 6.45) is 4.85. The van der Waals surface area contributed by atoms with Crippen LogP contribution in [-0.2, 0) is 32.6 Å². The van der Waals surface area contributed by atoms with Crippen molar-refractivity contribution in [2.75, 3.05) is 10.8 Å². The van der Waals surface area contributed by atoms with Gasteiger partial charge in [-0.3, -0.25) is 13.9 Å². The Morgan fingerprint density at radius 2 is 1.40 bits per heavy atom. The van der Waals surface area contributed by atoms with Gasteiger partial charge >= 0.3 is 0 Å². The van der Waals surface area contributed by atoms with Gasteiger partial charge < -0.3 is 10.2 Å². The molecule has 0 heterocycles. The van der Waals surface area contributed by atoms with Crippen molar-refractivity contribution in [1.29, 1.82) is 0 Å². The normalized spacial score (nSPS) is 14.3. The number of carbonyl (C=O) groups is 2. The van der Waals surface area contributed by atoms with E-state index >= 15 is 4.39 Å². The second kappa shape index (κ2) is 15.8. The molecule has 4 aromatic rings. The fraction of sp³-hybridized carbons (Fsp3) is 0.278. The number of anilines is 1. The Bertz CT molecular complexity index is 1770. The molecular weight excluding hydrogens is 660 g/mol. The first-order valence-corrected chi connectivity index (χ1v) is 17.7. The number of carbonyl (C=O) groups excluding carboxylic acids is 2. The molecule has 0 aromatic heterocycles. The zero-order valence-electron chi connectivity index (χ0n) is 25.7. The van der Waals surface area contributed by atoms with Crippen LogP contribution in [-0.4, -0.2) is 43.8 Å². The molecule has 0 spiro atoms. The number of hydrogen-bond donors (Lipinski definition) is 1. The van der Waals surface area contributed by atoms with Gasteiger partial charge in [0, 0.05) is 34.6 Å². The number of para-hydroxylation sites is 1. The number of rotatable bonds is 12. The van der Waals surface area contributed by atoms with Gasteiger partial charge in [-0.2, -0.15) is 0 Å². The van der Waals surface area contributed by atoms with E-state index in [9.17, 15) is 18.0 Å². The third-order valence-corrected chi connectivity index (χ3v) is 10.8. The van der Waals surface area contributed by atoms with Crippen molar-refractivity contribution in [2.45, 2.75) is 62.0 Å². The third-order valence-electron chi connectivity index (χ3n) is 8.34. The summed E-state index contributed by atoms with van der Waals surface area (Å²) in [6, 6.07) is 25.9. The van der Waals surface area contributed by atoms with E-state index in [1.54, 1.807) is 36.4 Å². The molecule has 1 atom stereocenters. The number of sulfonamides is 1. The van der Waals surface area contributed by atoms with Crippen molar-refractivity contribution in [2.24, 2.45) is 0 Å². The van der Waals surface area contributed by atoms with Gasteiger partial charge in [0.05, 0.1) is 10.6 Å². The zero-order chi connectivity index (χ0) is 33.4. The summed E-state index contributed by atoms with van der Waals surface area (Å²) in [5, 5.41) is 3.71. The third kappa shape index (κ3) is 8.52. The number of benzene rings is 4. The minimum Gasteiger partial charge on any atom is -0.352 e. The van der Waals surface area contributed by atoms with E-state index < -0.39 is 34.3 Å².